The topological polar surface area (TPSA) is 84.5 Å². The van der Waals surface area contributed by atoms with Crippen LogP contribution in [0.3, 0.4) is 0 Å². The van der Waals surface area contributed by atoms with Gasteiger partial charge in [-0.25, -0.2) is 8.42 Å². The molecule has 154 valence electrons. The van der Waals surface area contributed by atoms with E-state index in [1.165, 1.54) is 18.2 Å². The van der Waals surface area contributed by atoms with Crippen LogP contribution in [0.5, 0.6) is 5.75 Å². The summed E-state index contributed by atoms with van der Waals surface area (Å²) in [7, 11) is -3.75. The number of amides is 1. The molecule has 2 N–H and O–H groups in total. The van der Waals surface area contributed by atoms with Gasteiger partial charge in [0.2, 0.25) is 5.91 Å². The molecule has 3 aromatic rings. The van der Waals surface area contributed by atoms with Gasteiger partial charge in [0.05, 0.1) is 11.5 Å². The van der Waals surface area contributed by atoms with Gasteiger partial charge in [0, 0.05) is 17.5 Å². The van der Waals surface area contributed by atoms with Gasteiger partial charge in [-0.05, 0) is 67.1 Å². The molecule has 0 aromatic heterocycles. The molecule has 0 bridgehead atoms. The molecule has 0 aliphatic rings. The first kappa shape index (κ1) is 21.1. The van der Waals surface area contributed by atoms with E-state index in [-0.39, 0.29) is 10.8 Å². The van der Waals surface area contributed by atoms with Gasteiger partial charge in [-0.15, -0.1) is 0 Å². The number of benzene rings is 3. The Hall–Kier alpha value is -3.58. The summed E-state index contributed by atoms with van der Waals surface area (Å²) in [6.07, 6.45) is 3.13. The minimum Gasteiger partial charge on any atom is -0.494 e. The van der Waals surface area contributed by atoms with Crippen LogP contribution in [-0.2, 0) is 14.8 Å². The SMILES string of the molecule is CCOc1ccc(NS(=O)(=O)c2ccc(NC(=O)C=Cc3ccccc3)cc2)cc1. The van der Waals surface area contributed by atoms with Gasteiger partial charge in [0.1, 0.15) is 5.75 Å². The first-order valence-corrected chi connectivity index (χ1v) is 10.8. The summed E-state index contributed by atoms with van der Waals surface area (Å²) >= 11 is 0. The zero-order valence-corrected chi connectivity index (χ0v) is 17.2. The normalized spacial score (nSPS) is 11.2. The predicted octanol–water partition coefficient (Wildman–Crippen LogP) is 4.54. The van der Waals surface area contributed by atoms with Crippen molar-refractivity contribution in [1.82, 2.24) is 0 Å². The maximum absolute atomic E-state index is 12.6. The molecular formula is C23H22N2O4S. The van der Waals surface area contributed by atoms with Gasteiger partial charge < -0.3 is 10.1 Å². The maximum atomic E-state index is 12.6. The van der Waals surface area contributed by atoms with E-state index < -0.39 is 10.0 Å². The van der Waals surface area contributed by atoms with Crippen LogP contribution in [0.15, 0.2) is 89.8 Å². The van der Waals surface area contributed by atoms with Crippen LogP contribution in [0.25, 0.3) is 6.08 Å². The number of hydrogen-bond acceptors (Lipinski definition) is 4. The Morgan fingerprint density at radius 2 is 1.53 bits per heavy atom. The van der Waals surface area contributed by atoms with Gasteiger partial charge in [-0.3, -0.25) is 9.52 Å². The zero-order chi connectivity index (χ0) is 21.4. The third-order valence-electron chi connectivity index (χ3n) is 4.08. The minimum atomic E-state index is -3.75. The van der Waals surface area contributed by atoms with Crippen molar-refractivity contribution in [3.8, 4) is 5.75 Å². The van der Waals surface area contributed by atoms with E-state index in [1.807, 2.05) is 37.3 Å². The van der Waals surface area contributed by atoms with Crippen molar-refractivity contribution in [2.45, 2.75) is 11.8 Å². The summed E-state index contributed by atoms with van der Waals surface area (Å²) < 4.78 is 33.0. The second-order valence-corrected chi connectivity index (χ2v) is 8.00. The van der Waals surface area contributed by atoms with Crippen LogP contribution in [0, 0.1) is 0 Å². The number of carbonyl (C=O) groups is 1. The average Bonchev–Trinajstić information content (AvgIpc) is 2.75. The molecule has 0 saturated carbocycles. The zero-order valence-electron chi connectivity index (χ0n) is 16.4. The highest BCUT2D eigenvalue weighted by molar-refractivity contribution is 7.92. The van der Waals surface area contributed by atoms with Crippen molar-refractivity contribution < 1.29 is 17.9 Å². The molecule has 0 saturated heterocycles. The third-order valence-corrected chi connectivity index (χ3v) is 5.47. The van der Waals surface area contributed by atoms with Crippen molar-refractivity contribution in [1.29, 1.82) is 0 Å². The van der Waals surface area contributed by atoms with Crippen LogP contribution < -0.4 is 14.8 Å². The Kier molecular flexibility index (Phi) is 6.87. The molecule has 0 fully saturated rings. The lowest BCUT2D eigenvalue weighted by atomic mass is 10.2. The second-order valence-electron chi connectivity index (χ2n) is 6.32. The van der Waals surface area contributed by atoms with Crippen LogP contribution in [0.2, 0.25) is 0 Å². The number of anilines is 2. The largest absolute Gasteiger partial charge is 0.494 e. The number of ether oxygens (including phenoxy) is 1. The first-order valence-electron chi connectivity index (χ1n) is 9.36. The standard InChI is InChI=1S/C23H22N2O4S/c1-2-29-21-13-9-20(10-14-21)25-30(27,28)22-15-11-19(12-16-22)24-23(26)17-8-18-6-4-3-5-7-18/h3-17,25H,2H2,1H3,(H,24,26). The molecule has 0 atom stereocenters. The lowest BCUT2D eigenvalue weighted by Gasteiger charge is -2.10. The number of hydrogen-bond donors (Lipinski definition) is 2. The highest BCUT2D eigenvalue weighted by Crippen LogP contribution is 2.21. The van der Waals surface area contributed by atoms with Crippen molar-refractivity contribution >= 4 is 33.4 Å². The quantitative estimate of drug-likeness (QED) is 0.522. The van der Waals surface area contributed by atoms with Gasteiger partial charge in [0.15, 0.2) is 0 Å². The summed E-state index contributed by atoms with van der Waals surface area (Å²) in [5.74, 6) is 0.365. The van der Waals surface area contributed by atoms with Gasteiger partial charge in [0.25, 0.3) is 10.0 Å². The summed E-state index contributed by atoms with van der Waals surface area (Å²) in [5, 5.41) is 2.70. The summed E-state index contributed by atoms with van der Waals surface area (Å²) in [6.45, 7) is 2.41. The van der Waals surface area contributed by atoms with Crippen LogP contribution in [0.1, 0.15) is 12.5 Å². The number of sulfonamides is 1. The smallest absolute Gasteiger partial charge is 0.261 e. The summed E-state index contributed by atoms with van der Waals surface area (Å²) in [5.41, 5.74) is 1.84. The Bertz CT molecular complexity index is 1110. The predicted molar refractivity (Wildman–Crippen MR) is 119 cm³/mol. The molecule has 0 spiro atoms. The Labute approximate surface area is 176 Å². The van der Waals surface area contributed by atoms with Crippen molar-refractivity contribution in [3.05, 3.63) is 90.5 Å². The van der Waals surface area contributed by atoms with Crippen LogP contribution in [-0.4, -0.2) is 20.9 Å². The summed E-state index contributed by atoms with van der Waals surface area (Å²) in [6, 6.07) is 22.1. The van der Waals surface area contributed by atoms with E-state index in [2.05, 4.69) is 10.0 Å². The van der Waals surface area contributed by atoms with E-state index in [9.17, 15) is 13.2 Å². The molecule has 0 aliphatic carbocycles. The highest BCUT2D eigenvalue weighted by Gasteiger charge is 2.14. The molecule has 0 heterocycles. The van der Waals surface area contributed by atoms with Crippen molar-refractivity contribution in [3.63, 3.8) is 0 Å². The lowest BCUT2D eigenvalue weighted by Crippen LogP contribution is -2.13. The van der Waals surface area contributed by atoms with E-state index in [1.54, 1.807) is 42.5 Å². The molecule has 3 rings (SSSR count). The minimum absolute atomic E-state index is 0.0919. The Balaban J connectivity index is 1.62. The number of carbonyl (C=O) groups excluding carboxylic acids is 1. The fraction of sp³-hybridized carbons (Fsp3) is 0.0870. The number of rotatable bonds is 8. The van der Waals surface area contributed by atoms with E-state index >= 15 is 0 Å². The van der Waals surface area contributed by atoms with Crippen molar-refractivity contribution in [2.24, 2.45) is 0 Å². The van der Waals surface area contributed by atoms with Gasteiger partial charge in [-0.1, -0.05) is 30.3 Å². The fourth-order valence-corrected chi connectivity index (χ4v) is 3.70. The molecule has 30 heavy (non-hydrogen) atoms. The Morgan fingerprint density at radius 3 is 2.17 bits per heavy atom. The molecule has 0 unspecified atom stereocenters. The molecule has 0 aliphatic heterocycles. The van der Waals surface area contributed by atoms with Gasteiger partial charge >= 0.3 is 0 Å². The van der Waals surface area contributed by atoms with Crippen LogP contribution in [0.4, 0.5) is 11.4 Å². The average molecular weight is 423 g/mol. The summed E-state index contributed by atoms with van der Waals surface area (Å²) in [4.78, 5) is 12.1. The molecular weight excluding hydrogens is 400 g/mol. The molecule has 3 aromatic carbocycles. The van der Waals surface area contributed by atoms with E-state index in [4.69, 9.17) is 4.74 Å². The number of nitrogens with one attached hydrogen (secondary N) is 2. The monoisotopic (exact) mass is 422 g/mol. The molecule has 1 amide bonds. The maximum Gasteiger partial charge on any atom is 0.261 e. The highest BCUT2D eigenvalue weighted by atomic mass is 32.2. The molecule has 6 nitrogen and oxygen atoms in total. The van der Waals surface area contributed by atoms with Crippen molar-refractivity contribution in [2.75, 3.05) is 16.6 Å². The lowest BCUT2D eigenvalue weighted by molar-refractivity contribution is -0.111. The fourth-order valence-electron chi connectivity index (χ4n) is 2.64. The van der Waals surface area contributed by atoms with E-state index in [0.717, 1.165) is 5.56 Å². The van der Waals surface area contributed by atoms with Crippen LogP contribution >= 0.6 is 0 Å². The van der Waals surface area contributed by atoms with E-state index in [0.29, 0.717) is 23.7 Å². The first-order chi connectivity index (χ1) is 14.5. The molecule has 7 heteroatoms. The Morgan fingerprint density at radius 1 is 0.900 bits per heavy atom. The van der Waals surface area contributed by atoms with Gasteiger partial charge in [-0.2, -0.15) is 0 Å². The molecule has 0 radical (unpaired) electrons. The second kappa shape index (κ2) is 9.76. The third kappa shape index (κ3) is 5.96.